The second-order valence-corrected chi connectivity index (χ2v) is 4.73. The third kappa shape index (κ3) is 3.66. The molecule has 0 spiro atoms. The molecule has 1 amide bonds. The van der Waals surface area contributed by atoms with Crippen LogP contribution in [-0.4, -0.2) is 48.6 Å². The van der Waals surface area contributed by atoms with Crippen LogP contribution >= 0.6 is 0 Å². The van der Waals surface area contributed by atoms with E-state index in [9.17, 15) is 9.18 Å². The Morgan fingerprint density at radius 1 is 1.50 bits per heavy atom. The molecule has 1 aromatic heterocycles. The number of carbonyl (C=O) groups excluding carboxylic acids is 1. The average Bonchev–Trinajstić information content (AvgIpc) is 2.74. The number of nitrogens with zero attached hydrogens (tertiary/aromatic N) is 2. The molecule has 1 aliphatic rings. The van der Waals surface area contributed by atoms with Gasteiger partial charge in [0.2, 0.25) is 0 Å². The van der Waals surface area contributed by atoms with E-state index in [0.29, 0.717) is 44.2 Å². The first kappa shape index (κ1) is 14.7. The van der Waals surface area contributed by atoms with Crippen LogP contribution in [0, 0.1) is 5.82 Å². The van der Waals surface area contributed by atoms with Crippen molar-refractivity contribution in [3.63, 3.8) is 0 Å². The molecule has 0 aliphatic carbocycles. The van der Waals surface area contributed by atoms with E-state index in [4.69, 9.17) is 4.74 Å². The highest BCUT2D eigenvalue weighted by atomic mass is 19.1. The Morgan fingerprint density at radius 2 is 2.35 bits per heavy atom. The Labute approximate surface area is 118 Å². The van der Waals surface area contributed by atoms with Gasteiger partial charge in [0, 0.05) is 26.2 Å². The van der Waals surface area contributed by atoms with Crippen molar-refractivity contribution in [3.05, 3.63) is 23.6 Å². The van der Waals surface area contributed by atoms with Gasteiger partial charge in [-0.3, -0.25) is 4.79 Å². The predicted molar refractivity (Wildman–Crippen MR) is 74.3 cm³/mol. The van der Waals surface area contributed by atoms with Gasteiger partial charge in [-0.2, -0.15) is 0 Å². The Hall–Kier alpha value is -1.69. The molecule has 0 atom stereocenters. The van der Waals surface area contributed by atoms with Crippen molar-refractivity contribution in [2.75, 3.05) is 38.2 Å². The summed E-state index contributed by atoms with van der Waals surface area (Å²) in [6, 6.07) is 1.25. The topological polar surface area (TPSA) is 54.5 Å². The summed E-state index contributed by atoms with van der Waals surface area (Å²) in [6.45, 7) is 5.05. The van der Waals surface area contributed by atoms with E-state index in [2.05, 4.69) is 10.3 Å². The van der Waals surface area contributed by atoms with Gasteiger partial charge >= 0.3 is 0 Å². The maximum absolute atomic E-state index is 13.4. The van der Waals surface area contributed by atoms with E-state index in [1.54, 1.807) is 4.90 Å². The predicted octanol–water partition coefficient (Wildman–Crippen LogP) is 1.91. The number of carbonyl (C=O) groups is 1. The molecule has 0 aromatic carbocycles. The van der Waals surface area contributed by atoms with Gasteiger partial charge < -0.3 is 15.0 Å². The van der Waals surface area contributed by atoms with Crippen molar-refractivity contribution in [2.45, 2.75) is 19.8 Å². The molecule has 0 saturated carbocycles. The van der Waals surface area contributed by atoms with Crippen molar-refractivity contribution in [2.24, 2.45) is 0 Å². The third-order valence-corrected chi connectivity index (χ3v) is 3.14. The molecule has 6 heteroatoms. The molecule has 1 saturated heterocycles. The Bertz CT molecular complexity index is 460. The fraction of sp³-hybridized carbons (Fsp3) is 0.571. The smallest absolute Gasteiger partial charge is 0.257 e. The lowest BCUT2D eigenvalue weighted by atomic mass is 10.2. The number of nitrogens with one attached hydrogen (secondary N) is 1. The summed E-state index contributed by atoms with van der Waals surface area (Å²) < 4.78 is 18.7. The van der Waals surface area contributed by atoms with Crippen LogP contribution in [0.15, 0.2) is 12.3 Å². The molecular weight excluding hydrogens is 261 g/mol. The van der Waals surface area contributed by atoms with Crippen LogP contribution in [0.3, 0.4) is 0 Å². The highest BCUT2D eigenvalue weighted by Crippen LogP contribution is 2.17. The summed E-state index contributed by atoms with van der Waals surface area (Å²) in [5.74, 6) is -0.244. The highest BCUT2D eigenvalue weighted by Gasteiger charge is 2.21. The molecule has 0 bridgehead atoms. The lowest BCUT2D eigenvalue weighted by Crippen LogP contribution is -2.34. The summed E-state index contributed by atoms with van der Waals surface area (Å²) in [4.78, 5) is 18.2. The zero-order valence-electron chi connectivity index (χ0n) is 11.7. The molecule has 0 unspecified atom stereocenters. The van der Waals surface area contributed by atoms with Crippen LogP contribution in [0.1, 0.15) is 30.1 Å². The van der Waals surface area contributed by atoms with Gasteiger partial charge in [-0.05, 0) is 18.9 Å². The summed E-state index contributed by atoms with van der Waals surface area (Å²) >= 11 is 0. The molecule has 2 heterocycles. The zero-order chi connectivity index (χ0) is 14.4. The normalized spacial score (nSPS) is 15.8. The number of hydrogen-bond donors (Lipinski definition) is 1. The molecule has 110 valence electrons. The second kappa shape index (κ2) is 7.19. The minimum atomic E-state index is -0.499. The number of pyridine rings is 1. The SMILES string of the molecule is CCCNc1ncc(F)cc1C(=O)N1CCCOCC1. The Kier molecular flexibility index (Phi) is 5.29. The molecule has 5 nitrogen and oxygen atoms in total. The molecule has 20 heavy (non-hydrogen) atoms. The van der Waals surface area contributed by atoms with Crippen molar-refractivity contribution in [1.82, 2.24) is 9.88 Å². The van der Waals surface area contributed by atoms with E-state index < -0.39 is 5.82 Å². The first-order chi connectivity index (χ1) is 9.72. The van der Waals surface area contributed by atoms with Crippen LogP contribution in [0.5, 0.6) is 0 Å². The summed E-state index contributed by atoms with van der Waals surface area (Å²) in [6.07, 6.45) is 2.83. The van der Waals surface area contributed by atoms with Gasteiger partial charge in [-0.15, -0.1) is 0 Å². The largest absolute Gasteiger partial charge is 0.380 e. The van der Waals surface area contributed by atoms with E-state index in [1.807, 2.05) is 6.92 Å². The van der Waals surface area contributed by atoms with Crippen molar-refractivity contribution >= 4 is 11.7 Å². The fourth-order valence-electron chi connectivity index (χ4n) is 2.11. The van der Waals surface area contributed by atoms with Crippen LogP contribution in [0.4, 0.5) is 10.2 Å². The maximum atomic E-state index is 13.4. The number of hydrogen-bond acceptors (Lipinski definition) is 4. The van der Waals surface area contributed by atoms with Gasteiger partial charge in [-0.25, -0.2) is 9.37 Å². The van der Waals surface area contributed by atoms with Gasteiger partial charge in [-0.1, -0.05) is 6.92 Å². The number of aromatic nitrogens is 1. The molecule has 1 N–H and O–H groups in total. The molecule has 0 radical (unpaired) electrons. The number of anilines is 1. The Morgan fingerprint density at radius 3 is 3.15 bits per heavy atom. The lowest BCUT2D eigenvalue weighted by molar-refractivity contribution is 0.0741. The molecular formula is C14H20FN3O2. The van der Waals surface area contributed by atoms with E-state index in [-0.39, 0.29) is 5.91 Å². The van der Waals surface area contributed by atoms with Crippen LogP contribution < -0.4 is 5.32 Å². The van der Waals surface area contributed by atoms with Gasteiger partial charge in [0.1, 0.15) is 11.6 Å². The quantitative estimate of drug-likeness (QED) is 0.916. The van der Waals surface area contributed by atoms with Crippen LogP contribution in [0.25, 0.3) is 0 Å². The van der Waals surface area contributed by atoms with Crippen molar-refractivity contribution < 1.29 is 13.9 Å². The number of rotatable bonds is 4. The van der Waals surface area contributed by atoms with Crippen LogP contribution in [-0.2, 0) is 4.74 Å². The second-order valence-electron chi connectivity index (χ2n) is 4.73. The first-order valence-corrected chi connectivity index (χ1v) is 6.99. The van der Waals surface area contributed by atoms with Crippen molar-refractivity contribution in [1.29, 1.82) is 0 Å². The van der Waals surface area contributed by atoms with E-state index >= 15 is 0 Å². The Balaban J connectivity index is 2.20. The minimum absolute atomic E-state index is 0.193. The van der Waals surface area contributed by atoms with Gasteiger partial charge in [0.25, 0.3) is 5.91 Å². The summed E-state index contributed by atoms with van der Waals surface area (Å²) in [5.41, 5.74) is 0.292. The number of halogens is 1. The first-order valence-electron chi connectivity index (χ1n) is 6.99. The molecule has 1 aromatic rings. The fourth-order valence-corrected chi connectivity index (χ4v) is 2.11. The van der Waals surface area contributed by atoms with Gasteiger partial charge in [0.15, 0.2) is 0 Å². The average molecular weight is 281 g/mol. The summed E-state index contributed by atoms with van der Waals surface area (Å²) in [5, 5.41) is 3.07. The monoisotopic (exact) mass is 281 g/mol. The molecule has 1 aliphatic heterocycles. The van der Waals surface area contributed by atoms with E-state index in [0.717, 1.165) is 19.0 Å². The molecule has 1 fully saturated rings. The number of ether oxygens (including phenoxy) is 1. The van der Waals surface area contributed by atoms with Gasteiger partial charge in [0.05, 0.1) is 18.4 Å². The highest BCUT2D eigenvalue weighted by molar-refractivity contribution is 5.98. The standard InChI is InChI=1S/C14H20FN3O2/c1-2-4-16-13-12(9-11(15)10-17-13)14(19)18-5-3-7-20-8-6-18/h9-10H,2-8H2,1H3,(H,16,17). The molecule has 2 rings (SSSR count). The van der Waals surface area contributed by atoms with E-state index in [1.165, 1.54) is 6.07 Å². The summed E-state index contributed by atoms with van der Waals surface area (Å²) in [7, 11) is 0. The third-order valence-electron chi connectivity index (χ3n) is 3.14. The van der Waals surface area contributed by atoms with Crippen molar-refractivity contribution in [3.8, 4) is 0 Å². The van der Waals surface area contributed by atoms with Crippen LogP contribution in [0.2, 0.25) is 0 Å². The maximum Gasteiger partial charge on any atom is 0.257 e. The lowest BCUT2D eigenvalue weighted by Gasteiger charge is -2.21. The minimum Gasteiger partial charge on any atom is -0.380 e. The number of amides is 1. The zero-order valence-corrected chi connectivity index (χ0v) is 11.7.